The topological polar surface area (TPSA) is 70.7 Å². The van der Waals surface area contributed by atoms with E-state index in [1.165, 1.54) is 11.3 Å². The lowest BCUT2D eigenvalue weighted by atomic mass is 10.1. The van der Waals surface area contributed by atoms with Crippen LogP contribution in [0.15, 0.2) is 41.1 Å². The van der Waals surface area contributed by atoms with Gasteiger partial charge >= 0.3 is 0 Å². The molecule has 2 amide bonds. The molecule has 0 bridgehead atoms. The first-order chi connectivity index (χ1) is 13.2. The summed E-state index contributed by atoms with van der Waals surface area (Å²) in [4.78, 5) is 26.5. The fraction of sp³-hybridized carbons (Fsp3) is 0.400. The number of thiophene rings is 1. The second-order valence-corrected chi connectivity index (χ2v) is 7.25. The molecule has 1 fully saturated rings. The maximum atomic E-state index is 12.3. The number of anilines is 1. The number of carbonyl (C=O) groups excluding carboxylic acids is 2. The second-order valence-electron chi connectivity index (χ2n) is 6.47. The van der Waals surface area contributed by atoms with Crippen molar-refractivity contribution in [1.29, 1.82) is 0 Å². The standard InChI is InChI=1S/C20H25N3O3S/c24-19(6-3-8-21-20(25)17-7-13-27-15-17)22-18-5-2-1-4-16(18)14-23-9-11-26-12-10-23/h1-2,4-5,7,13,15H,3,6,8-12,14H2,(H,21,25)(H,22,24). The fourth-order valence-corrected chi connectivity index (χ4v) is 3.58. The van der Waals surface area contributed by atoms with Gasteiger partial charge < -0.3 is 15.4 Å². The van der Waals surface area contributed by atoms with E-state index in [0.717, 1.165) is 44.1 Å². The van der Waals surface area contributed by atoms with Crippen molar-refractivity contribution in [3.63, 3.8) is 0 Å². The third kappa shape index (κ3) is 6.16. The van der Waals surface area contributed by atoms with Gasteiger partial charge in [-0.1, -0.05) is 18.2 Å². The number of benzene rings is 1. The summed E-state index contributed by atoms with van der Waals surface area (Å²) < 4.78 is 5.39. The van der Waals surface area contributed by atoms with Crippen molar-refractivity contribution in [3.05, 3.63) is 52.2 Å². The van der Waals surface area contributed by atoms with E-state index in [1.54, 1.807) is 6.07 Å². The zero-order chi connectivity index (χ0) is 18.9. The van der Waals surface area contributed by atoms with Crippen molar-refractivity contribution in [2.75, 3.05) is 38.2 Å². The summed E-state index contributed by atoms with van der Waals surface area (Å²) in [5.74, 6) is -0.123. The Labute approximate surface area is 163 Å². The molecule has 2 N–H and O–H groups in total. The quantitative estimate of drug-likeness (QED) is 0.684. The summed E-state index contributed by atoms with van der Waals surface area (Å²) in [5, 5.41) is 9.53. The van der Waals surface area contributed by atoms with Crippen LogP contribution in [0.2, 0.25) is 0 Å². The molecule has 7 heteroatoms. The average molecular weight is 388 g/mol. The van der Waals surface area contributed by atoms with Gasteiger partial charge in [-0.15, -0.1) is 0 Å². The minimum absolute atomic E-state index is 0.0331. The lowest BCUT2D eigenvalue weighted by Gasteiger charge is -2.27. The van der Waals surface area contributed by atoms with Gasteiger partial charge in [-0.25, -0.2) is 0 Å². The Morgan fingerprint density at radius 3 is 2.74 bits per heavy atom. The predicted octanol–water partition coefficient (Wildman–Crippen LogP) is 2.73. The molecule has 0 unspecified atom stereocenters. The zero-order valence-corrected chi connectivity index (χ0v) is 16.1. The predicted molar refractivity (Wildman–Crippen MR) is 107 cm³/mol. The first-order valence-corrected chi connectivity index (χ1v) is 10.1. The highest BCUT2D eigenvalue weighted by Gasteiger charge is 2.14. The summed E-state index contributed by atoms with van der Waals surface area (Å²) in [6.45, 7) is 4.61. The van der Waals surface area contributed by atoms with E-state index in [1.807, 2.05) is 35.0 Å². The number of hydrogen-bond acceptors (Lipinski definition) is 5. The molecule has 2 aromatic rings. The number of rotatable bonds is 8. The van der Waals surface area contributed by atoms with Crippen molar-refractivity contribution < 1.29 is 14.3 Å². The number of ether oxygens (including phenoxy) is 1. The van der Waals surface area contributed by atoms with Crippen LogP contribution in [0.3, 0.4) is 0 Å². The Balaban J connectivity index is 1.43. The van der Waals surface area contributed by atoms with E-state index in [-0.39, 0.29) is 11.8 Å². The number of nitrogens with one attached hydrogen (secondary N) is 2. The van der Waals surface area contributed by atoms with Gasteiger partial charge in [0.15, 0.2) is 0 Å². The van der Waals surface area contributed by atoms with Gasteiger partial charge in [0.25, 0.3) is 5.91 Å². The Hall–Kier alpha value is -2.22. The minimum atomic E-state index is -0.0903. The third-order valence-corrected chi connectivity index (χ3v) is 5.12. The molecule has 1 aliphatic rings. The lowest BCUT2D eigenvalue weighted by Crippen LogP contribution is -2.35. The van der Waals surface area contributed by atoms with E-state index in [0.29, 0.717) is 24.9 Å². The maximum absolute atomic E-state index is 12.3. The normalized spacial score (nSPS) is 14.7. The van der Waals surface area contributed by atoms with E-state index >= 15 is 0 Å². The Bertz CT molecular complexity index is 743. The molecule has 0 atom stereocenters. The number of para-hydroxylation sites is 1. The molecule has 6 nitrogen and oxygen atoms in total. The van der Waals surface area contributed by atoms with E-state index < -0.39 is 0 Å². The molecule has 0 aliphatic carbocycles. The molecule has 2 heterocycles. The van der Waals surface area contributed by atoms with Crippen LogP contribution in [-0.2, 0) is 16.1 Å². The highest BCUT2D eigenvalue weighted by Crippen LogP contribution is 2.18. The van der Waals surface area contributed by atoms with Gasteiger partial charge in [-0.2, -0.15) is 11.3 Å². The first kappa shape index (κ1) is 19.5. The summed E-state index contributed by atoms with van der Waals surface area (Å²) >= 11 is 1.49. The van der Waals surface area contributed by atoms with Crippen LogP contribution in [0.5, 0.6) is 0 Å². The summed E-state index contributed by atoms with van der Waals surface area (Å²) in [6.07, 6.45) is 0.975. The van der Waals surface area contributed by atoms with E-state index in [2.05, 4.69) is 15.5 Å². The number of morpholine rings is 1. The van der Waals surface area contributed by atoms with E-state index in [9.17, 15) is 9.59 Å². The van der Waals surface area contributed by atoms with Gasteiger partial charge in [0.2, 0.25) is 5.91 Å². The van der Waals surface area contributed by atoms with Crippen LogP contribution >= 0.6 is 11.3 Å². The van der Waals surface area contributed by atoms with Crippen molar-refractivity contribution in [2.45, 2.75) is 19.4 Å². The smallest absolute Gasteiger partial charge is 0.252 e. The monoisotopic (exact) mass is 387 g/mol. The molecular formula is C20H25N3O3S. The van der Waals surface area contributed by atoms with Gasteiger partial charge in [0, 0.05) is 49.2 Å². The third-order valence-electron chi connectivity index (χ3n) is 4.44. The number of nitrogens with zero attached hydrogens (tertiary/aromatic N) is 1. The molecule has 0 spiro atoms. The number of hydrogen-bond donors (Lipinski definition) is 2. The number of amides is 2. The largest absolute Gasteiger partial charge is 0.379 e. The van der Waals surface area contributed by atoms with Gasteiger partial charge in [0.05, 0.1) is 13.2 Å². The van der Waals surface area contributed by atoms with Crippen molar-refractivity contribution in [2.24, 2.45) is 0 Å². The Morgan fingerprint density at radius 2 is 1.96 bits per heavy atom. The molecule has 144 valence electrons. The van der Waals surface area contributed by atoms with Gasteiger partial charge in [0.1, 0.15) is 0 Å². The SMILES string of the molecule is O=C(CCCNC(=O)c1ccsc1)Nc1ccccc1CN1CCOCC1. The molecule has 1 aliphatic heterocycles. The van der Waals surface area contributed by atoms with Crippen LogP contribution in [0.1, 0.15) is 28.8 Å². The van der Waals surface area contributed by atoms with Crippen LogP contribution in [0.4, 0.5) is 5.69 Å². The molecular weight excluding hydrogens is 362 g/mol. The fourth-order valence-electron chi connectivity index (χ4n) is 2.94. The summed E-state index contributed by atoms with van der Waals surface area (Å²) in [7, 11) is 0. The van der Waals surface area contributed by atoms with Crippen molar-refractivity contribution >= 4 is 28.8 Å². The van der Waals surface area contributed by atoms with Gasteiger partial charge in [-0.3, -0.25) is 14.5 Å². The number of carbonyl (C=O) groups is 2. The summed E-state index contributed by atoms with van der Waals surface area (Å²) in [6, 6.07) is 9.70. The molecule has 27 heavy (non-hydrogen) atoms. The van der Waals surface area contributed by atoms with Crippen molar-refractivity contribution in [1.82, 2.24) is 10.2 Å². The molecule has 0 radical (unpaired) electrons. The molecule has 1 saturated heterocycles. The molecule has 1 aromatic carbocycles. The highest BCUT2D eigenvalue weighted by atomic mass is 32.1. The first-order valence-electron chi connectivity index (χ1n) is 9.20. The second kappa shape index (κ2) is 10.2. The van der Waals surface area contributed by atoms with Crippen LogP contribution in [0.25, 0.3) is 0 Å². The molecule has 0 saturated carbocycles. The molecule has 3 rings (SSSR count). The van der Waals surface area contributed by atoms with E-state index in [4.69, 9.17) is 4.74 Å². The highest BCUT2D eigenvalue weighted by molar-refractivity contribution is 7.08. The maximum Gasteiger partial charge on any atom is 0.252 e. The molecule has 1 aromatic heterocycles. The van der Waals surface area contributed by atoms with Crippen LogP contribution in [0, 0.1) is 0 Å². The Kier molecular flexibility index (Phi) is 7.38. The Morgan fingerprint density at radius 1 is 1.15 bits per heavy atom. The summed E-state index contributed by atoms with van der Waals surface area (Å²) in [5.41, 5.74) is 2.64. The van der Waals surface area contributed by atoms with Gasteiger partial charge in [-0.05, 0) is 29.5 Å². The zero-order valence-electron chi connectivity index (χ0n) is 15.3. The van der Waals surface area contributed by atoms with Crippen LogP contribution < -0.4 is 10.6 Å². The minimum Gasteiger partial charge on any atom is -0.379 e. The average Bonchev–Trinajstić information content (AvgIpc) is 3.22. The lowest BCUT2D eigenvalue weighted by molar-refractivity contribution is -0.116. The van der Waals surface area contributed by atoms with Crippen LogP contribution in [-0.4, -0.2) is 49.6 Å². The van der Waals surface area contributed by atoms with Crippen molar-refractivity contribution in [3.8, 4) is 0 Å².